The average molecular weight is 315 g/mol. The summed E-state index contributed by atoms with van der Waals surface area (Å²) in [5, 5.41) is 2.84. The van der Waals surface area contributed by atoms with Crippen LogP contribution in [0.4, 0.5) is 18.1 Å². The molecule has 1 aromatic rings. The van der Waals surface area contributed by atoms with Gasteiger partial charge in [0.15, 0.2) is 5.13 Å². The Hall–Kier alpha value is 0.621. The zero-order chi connectivity index (χ0) is 13.2. The maximum atomic E-state index is 12.4. The molecule has 9 heteroatoms. The third kappa shape index (κ3) is 5.14. The van der Waals surface area contributed by atoms with E-state index in [-0.39, 0.29) is 57.9 Å². The van der Waals surface area contributed by atoms with Gasteiger partial charge in [-0.05, 0) is 6.54 Å². The molecule has 0 saturated carbocycles. The van der Waals surface area contributed by atoms with Crippen LogP contribution in [0.3, 0.4) is 0 Å². The van der Waals surface area contributed by atoms with Crippen molar-refractivity contribution in [1.29, 1.82) is 0 Å². The van der Waals surface area contributed by atoms with Gasteiger partial charge in [0.25, 0.3) is 0 Å². The minimum absolute atomic E-state index is 0. The van der Waals surface area contributed by atoms with Crippen molar-refractivity contribution in [1.82, 2.24) is 9.88 Å². The Morgan fingerprint density at radius 3 is 2.42 bits per heavy atom. The molecule has 100 valence electrons. The van der Waals surface area contributed by atoms with Gasteiger partial charge in [-0.15, -0.1) is 23.4 Å². The molecule has 1 fully saturated rings. The summed E-state index contributed by atoms with van der Waals surface area (Å²) in [5.74, 6) is 0. The van der Waals surface area contributed by atoms with Crippen molar-refractivity contribution in [2.45, 2.75) is 0 Å². The second-order valence-electron chi connectivity index (χ2n) is 4.31. The van der Waals surface area contributed by atoms with Crippen LogP contribution in [0.5, 0.6) is 0 Å². The summed E-state index contributed by atoms with van der Waals surface area (Å²) >= 11 is 1.55. The summed E-state index contributed by atoms with van der Waals surface area (Å²) in [6.45, 7) is 0.801. The minimum atomic E-state index is -4.91. The number of anilines is 1. The molecule has 0 aromatic carbocycles. The third-order valence-electron chi connectivity index (χ3n) is 2.95. The molecule has 0 aliphatic carbocycles. The first kappa shape index (κ1) is 17.7. The molecule has 0 bridgehead atoms. The van der Waals surface area contributed by atoms with E-state index in [4.69, 9.17) is 0 Å². The Kier molecular flexibility index (Phi) is 7.05. The van der Waals surface area contributed by atoms with Crippen LogP contribution in [0.15, 0.2) is 23.6 Å². The SMILES string of the molecule is C=C(CN1CCN(c2nccs2)CC1)[B-](F)(F)F.[K+]. The van der Waals surface area contributed by atoms with Crippen LogP contribution in [0.1, 0.15) is 0 Å². The number of hydrogen-bond acceptors (Lipinski definition) is 4. The fourth-order valence-corrected chi connectivity index (χ4v) is 2.56. The maximum absolute atomic E-state index is 12.4. The van der Waals surface area contributed by atoms with Crippen molar-refractivity contribution in [3.05, 3.63) is 23.6 Å². The molecule has 0 spiro atoms. The minimum Gasteiger partial charge on any atom is -0.445 e. The molecule has 0 unspecified atom stereocenters. The molecule has 1 saturated heterocycles. The van der Waals surface area contributed by atoms with E-state index in [2.05, 4.69) is 16.5 Å². The van der Waals surface area contributed by atoms with Crippen molar-refractivity contribution in [3.63, 3.8) is 0 Å². The van der Waals surface area contributed by atoms with Crippen LogP contribution in [-0.2, 0) is 0 Å². The van der Waals surface area contributed by atoms with E-state index in [1.807, 2.05) is 5.38 Å². The average Bonchev–Trinajstić information content (AvgIpc) is 2.82. The standard InChI is InChI=1S/C10H14BF3N3S.K/c1-9(11(12,13)14)8-16-3-5-17(6-4-16)10-15-2-7-18-10;/h2,7H,1,3-6,8H2;/q-1;+1. The van der Waals surface area contributed by atoms with Gasteiger partial charge >= 0.3 is 58.4 Å². The van der Waals surface area contributed by atoms with Crippen molar-refractivity contribution in [2.24, 2.45) is 0 Å². The van der Waals surface area contributed by atoms with Crippen LogP contribution in [0, 0.1) is 0 Å². The predicted molar refractivity (Wildman–Crippen MR) is 69.0 cm³/mol. The first-order valence-electron chi connectivity index (χ1n) is 5.71. The molecule has 19 heavy (non-hydrogen) atoms. The Morgan fingerprint density at radius 1 is 1.32 bits per heavy atom. The maximum Gasteiger partial charge on any atom is 1.00 e. The molecule has 1 aliphatic heterocycles. The summed E-state index contributed by atoms with van der Waals surface area (Å²) in [6.07, 6.45) is 1.74. The normalized spacial score (nSPS) is 17.1. The second kappa shape index (κ2) is 7.58. The number of nitrogens with zero attached hydrogens (tertiary/aromatic N) is 3. The Morgan fingerprint density at radius 2 is 1.95 bits per heavy atom. The second-order valence-corrected chi connectivity index (χ2v) is 5.18. The van der Waals surface area contributed by atoms with Crippen LogP contribution in [0.25, 0.3) is 0 Å². The molecule has 1 aliphatic rings. The quantitative estimate of drug-likeness (QED) is 0.679. The predicted octanol–water partition coefficient (Wildman–Crippen LogP) is -0.788. The molecule has 1 aromatic heterocycles. The molecule has 2 heterocycles. The molecule has 0 N–H and O–H groups in total. The first-order chi connectivity index (χ1) is 8.47. The molecule has 0 atom stereocenters. The van der Waals surface area contributed by atoms with E-state index in [1.165, 1.54) is 0 Å². The van der Waals surface area contributed by atoms with Crippen molar-refractivity contribution >= 4 is 23.4 Å². The van der Waals surface area contributed by atoms with E-state index >= 15 is 0 Å². The van der Waals surface area contributed by atoms with Gasteiger partial charge in [-0.3, -0.25) is 4.90 Å². The number of aromatic nitrogens is 1. The molecule has 0 amide bonds. The fraction of sp³-hybridized carbons (Fsp3) is 0.500. The van der Waals surface area contributed by atoms with Gasteiger partial charge in [0.2, 0.25) is 0 Å². The topological polar surface area (TPSA) is 19.4 Å². The molecule has 0 radical (unpaired) electrons. The van der Waals surface area contributed by atoms with Crippen molar-refractivity contribution < 1.29 is 64.3 Å². The van der Waals surface area contributed by atoms with E-state index in [0.29, 0.717) is 26.2 Å². The van der Waals surface area contributed by atoms with E-state index < -0.39 is 12.4 Å². The van der Waals surface area contributed by atoms with Gasteiger partial charge in [0.1, 0.15) is 0 Å². The third-order valence-corrected chi connectivity index (χ3v) is 3.78. The molecule has 3 nitrogen and oxygen atoms in total. The van der Waals surface area contributed by atoms with Gasteiger partial charge in [-0.2, -0.15) is 0 Å². The van der Waals surface area contributed by atoms with E-state index in [1.54, 1.807) is 22.4 Å². The summed E-state index contributed by atoms with van der Waals surface area (Å²) in [6, 6.07) is 0. The summed E-state index contributed by atoms with van der Waals surface area (Å²) in [7, 11) is 0. The molecular weight excluding hydrogens is 301 g/mol. The zero-order valence-corrected chi connectivity index (χ0v) is 14.8. The number of piperazine rings is 1. The number of halogens is 3. The number of hydrogen-bond donors (Lipinski definition) is 0. The Labute approximate surface area is 157 Å². The zero-order valence-electron chi connectivity index (χ0n) is 10.9. The van der Waals surface area contributed by atoms with Crippen LogP contribution < -0.4 is 56.3 Å². The summed E-state index contributed by atoms with van der Waals surface area (Å²) in [4.78, 5) is 8.09. The van der Waals surface area contributed by atoms with Gasteiger partial charge in [-0.1, -0.05) is 0 Å². The molecular formula is C10H14BF3KN3S. The summed E-state index contributed by atoms with van der Waals surface area (Å²) < 4.78 is 37.3. The van der Waals surface area contributed by atoms with Crippen LogP contribution >= 0.6 is 11.3 Å². The van der Waals surface area contributed by atoms with E-state index in [9.17, 15) is 12.9 Å². The number of thiazole rings is 1. The van der Waals surface area contributed by atoms with Crippen molar-refractivity contribution in [3.8, 4) is 0 Å². The largest absolute Gasteiger partial charge is 1.00 e. The van der Waals surface area contributed by atoms with Gasteiger partial charge in [0.05, 0.1) is 0 Å². The van der Waals surface area contributed by atoms with Gasteiger partial charge in [0, 0.05) is 37.8 Å². The smallest absolute Gasteiger partial charge is 0.445 e. The van der Waals surface area contributed by atoms with E-state index in [0.717, 1.165) is 5.13 Å². The van der Waals surface area contributed by atoms with Gasteiger partial charge in [-0.25, -0.2) is 4.98 Å². The van der Waals surface area contributed by atoms with Crippen LogP contribution in [-0.4, -0.2) is 49.6 Å². The first-order valence-corrected chi connectivity index (χ1v) is 6.59. The van der Waals surface area contributed by atoms with Crippen molar-refractivity contribution in [2.75, 3.05) is 37.6 Å². The fourth-order valence-electron chi connectivity index (χ4n) is 1.86. The summed E-state index contributed by atoms with van der Waals surface area (Å²) in [5.41, 5.74) is -0.613. The number of rotatable bonds is 4. The molecule has 2 rings (SSSR count). The Balaban J connectivity index is 0.00000180. The van der Waals surface area contributed by atoms with Gasteiger partial charge < -0.3 is 17.8 Å². The Bertz CT molecular complexity index is 405. The van der Waals surface area contributed by atoms with Crippen LogP contribution in [0.2, 0.25) is 0 Å². The monoisotopic (exact) mass is 315 g/mol.